The van der Waals surface area contributed by atoms with Crippen molar-refractivity contribution in [3.05, 3.63) is 36.0 Å². The molecule has 3 heteroatoms. The van der Waals surface area contributed by atoms with Gasteiger partial charge in [0, 0.05) is 11.9 Å². The first-order chi connectivity index (χ1) is 9.20. The zero-order chi connectivity index (χ0) is 13.7. The summed E-state index contributed by atoms with van der Waals surface area (Å²) in [5.41, 5.74) is 1.03. The van der Waals surface area contributed by atoms with Crippen molar-refractivity contribution in [3.63, 3.8) is 0 Å². The predicted molar refractivity (Wildman–Crippen MR) is 79.5 cm³/mol. The third-order valence-electron chi connectivity index (χ3n) is 2.87. The number of hydrogen-bond donors (Lipinski definition) is 1. The van der Waals surface area contributed by atoms with Crippen molar-refractivity contribution in [1.82, 2.24) is 10.3 Å². The molecule has 0 amide bonds. The molecule has 0 saturated heterocycles. The number of pyridine rings is 1. The fourth-order valence-electron chi connectivity index (χ4n) is 1.92. The fraction of sp³-hybridized carbons (Fsp3) is 0.438. The highest BCUT2D eigenvalue weighted by Gasteiger charge is 2.07. The van der Waals surface area contributed by atoms with E-state index in [4.69, 9.17) is 4.74 Å². The molecule has 2 aromatic rings. The molecule has 0 radical (unpaired) electrons. The highest BCUT2D eigenvalue weighted by Crippen LogP contribution is 2.24. The van der Waals surface area contributed by atoms with Crippen LogP contribution in [0, 0.1) is 5.92 Å². The Hall–Kier alpha value is -1.61. The number of ether oxygens (including phenoxy) is 1. The summed E-state index contributed by atoms with van der Waals surface area (Å²) < 4.78 is 5.86. The molecule has 19 heavy (non-hydrogen) atoms. The minimum Gasteiger partial charge on any atom is -0.477 e. The van der Waals surface area contributed by atoms with E-state index in [1.165, 1.54) is 5.39 Å². The molecule has 3 nitrogen and oxygen atoms in total. The van der Waals surface area contributed by atoms with Gasteiger partial charge < -0.3 is 10.1 Å². The number of rotatable bonds is 6. The van der Waals surface area contributed by atoms with Crippen LogP contribution in [-0.2, 0) is 6.54 Å². The molecule has 0 saturated carbocycles. The molecule has 2 rings (SSSR count). The van der Waals surface area contributed by atoms with Crippen molar-refractivity contribution in [2.24, 2.45) is 5.92 Å². The highest BCUT2D eigenvalue weighted by atomic mass is 16.5. The standard InChI is InChI=1S/C16H22N2O/c1-4-17-10-14-9-13-7-5-6-8-15(13)16(18-14)19-11-12(2)3/h5-9,12,17H,4,10-11H2,1-3H3. The lowest BCUT2D eigenvalue weighted by atomic mass is 10.1. The summed E-state index contributed by atoms with van der Waals surface area (Å²) in [4.78, 5) is 4.63. The first-order valence-corrected chi connectivity index (χ1v) is 6.93. The van der Waals surface area contributed by atoms with Crippen LogP contribution in [0.15, 0.2) is 30.3 Å². The quantitative estimate of drug-likeness (QED) is 0.862. The molecular weight excluding hydrogens is 236 g/mol. The third kappa shape index (κ3) is 3.67. The maximum Gasteiger partial charge on any atom is 0.221 e. The Labute approximate surface area is 115 Å². The normalized spacial score (nSPS) is 11.2. The molecule has 1 aromatic carbocycles. The lowest BCUT2D eigenvalue weighted by Crippen LogP contribution is -2.14. The summed E-state index contributed by atoms with van der Waals surface area (Å²) in [6.07, 6.45) is 0. The van der Waals surface area contributed by atoms with Gasteiger partial charge in [-0.25, -0.2) is 4.98 Å². The van der Waals surface area contributed by atoms with Crippen molar-refractivity contribution in [3.8, 4) is 5.88 Å². The predicted octanol–water partition coefficient (Wildman–Crippen LogP) is 3.38. The average molecular weight is 258 g/mol. The Morgan fingerprint density at radius 3 is 2.79 bits per heavy atom. The SMILES string of the molecule is CCNCc1cc2ccccc2c(OCC(C)C)n1. The minimum atomic E-state index is 0.498. The van der Waals surface area contributed by atoms with E-state index in [1.54, 1.807) is 0 Å². The van der Waals surface area contributed by atoms with E-state index in [2.05, 4.69) is 49.3 Å². The van der Waals surface area contributed by atoms with Gasteiger partial charge in [0.2, 0.25) is 5.88 Å². The third-order valence-corrected chi connectivity index (χ3v) is 2.87. The topological polar surface area (TPSA) is 34.1 Å². The zero-order valence-electron chi connectivity index (χ0n) is 11.9. The lowest BCUT2D eigenvalue weighted by Gasteiger charge is -2.12. The van der Waals surface area contributed by atoms with Gasteiger partial charge in [0.15, 0.2) is 0 Å². The minimum absolute atomic E-state index is 0.498. The van der Waals surface area contributed by atoms with Gasteiger partial charge in [-0.15, -0.1) is 0 Å². The van der Waals surface area contributed by atoms with E-state index in [-0.39, 0.29) is 0 Å². The van der Waals surface area contributed by atoms with Crippen LogP contribution in [0.3, 0.4) is 0 Å². The van der Waals surface area contributed by atoms with Crippen molar-refractivity contribution in [2.75, 3.05) is 13.2 Å². The molecular formula is C16H22N2O. The molecule has 102 valence electrons. The van der Waals surface area contributed by atoms with Crippen molar-refractivity contribution < 1.29 is 4.74 Å². The molecule has 0 aliphatic heterocycles. The monoisotopic (exact) mass is 258 g/mol. The van der Waals surface area contributed by atoms with E-state index in [9.17, 15) is 0 Å². The summed E-state index contributed by atoms with van der Waals surface area (Å²) in [7, 11) is 0. The number of aromatic nitrogens is 1. The summed E-state index contributed by atoms with van der Waals surface area (Å²) in [5.74, 6) is 1.25. The highest BCUT2D eigenvalue weighted by molar-refractivity contribution is 5.87. The van der Waals surface area contributed by atoms with Gasteiger partial charge in [-0.1, -0.05) is 39.0 Å². The number of fused-ring (bicyclic) bond motifs is 1. The molecule has 0 aliphatic carbocycles. The second-order valence-electron chi connectivity index (χ2n) is 5.13. The van der Waals surface area contributed by atoms with Crippen molar-refractivity contribution in [1.29, 1.82) is 0 Å². The van der Waals surface area contributed by atoms with Crippen LogP contribution in [0.1, 0.15) is 26.5 Å². The Bertz CT molecular complexity index is 537. The Morgan fingerprint density at radius 2 is 2.05 bits per heavy atom. The molecule has 0 atom stereocenters. The van der Waals surface area contributed by atoms with E-state index in [0.717, 1.165) is 30.0 Å². The van der Waals surface area contributed by atoms with Gasteiger partial charge in [0.1, 0.15) is 0 Å². The fourth-order valence-corrected chi connectivity index (χ4v) is 1.92. The average Bonchev–Trinajstić information content (AvgIpc) is 2.42. The van der Waals surface area contributed by atoms with Crippen molar-refractivity contribution >= 4 is 10.8 Å². The largest absolute Gasteiger partial charge is 0.477 e. The van der Waals surface area contributed by atoms with Gasteiger partial charge >= 0.3 is 0 Å². The molecule has 1 N–H and O–H groups in total. The number of hydrogen-bond acceptors (Lipinski definition) is 3. The molecule has 0 bridgehead atoms. The van der Waals surface area contributed by atoms with Gasteiger partial charge in [0.25, 0.3) is 0 Å². The lowest BCUT2D eigenvalue weighted by molar-refractivity contribution is 0.264. The van der Waals surface area contributed by atoms with Crippen LogP contribution in [0.2, 0.25) is 0 Å². The zero-order valence-corrected chi connectivity index (χ0v) is 11.9. The van der Waals surface area contributed by atoms with E-state index in [1.807, 2.05) is 12.1 Å². The molecule has 1 heterocycles. The van der Waals surface area contributed by atoms with Crippen LogP contribution < -0.4 is 10.1 Å². The van der Waals surface area contributed by atoms with Crippen LogP contribution in [0.4, 0.5) is 0 Å². The van der Waals surface area contributed by atoms with Crippen LogP contribution >= 0.6 is 0 Å². The van der Waals surface area contributed by atoms with Crippen LogP contribution in [0.5, 0.6) is 5.88 Å². The maximum absolute atomic E-state index is 5.86. The van der Waals surface area contributed by atoms with Crippen LogP contribution in [0.25, 0.3) is 10.8 Å². The van der Waals surface area contributed by atoms with Gasteiger partial charge in [-0.05, 0) is 30.0 Å². The number of benzene rings is 1. The number of nitrogens with zero attached hydrogens (tertiary/aromatic N) is 1. The molecule has 0 aliphatic rings. The Morgan fingerprint density at radius 1 is 1.26 bits per heavy atom. The van der Waals surface area contributed by atoms with Gasteiger partial charge in [0.05, 0.1) is 12.3 Å². The van der Waals surface area contributed by atoms with E-state index in [0.29, 0.717) is 12.5 Å². The van der Waals surface area contributed by atoms with E-state index >= 15 is 0 Å². The molecule has 1 aromatic heterocycles. The van der Waals surface area contributed by atoms with Crippen LogP contribution in [-0.4, -0.2) is 18.1 Å². The van der Waals surface area contributed by atoms with E-state index < -0.39 is 0 Å². The smallest absolute Gasteiger partial charge is 0.221 e. The second kappa shape index (κ2) is 6.53. The summed E-state index contributed by atoms with van der Waals surface area (Å²) in [5, 5.41) is 5.57. The maximum atomic E-state index is 5.86. The molecule has 0 unspecified atom stereocenters. The summed E-state index contributed by atoms with van der Waals surface area (Å²) >= 11 is 0. The Balaban J connectivity index is 2.33. The summed E-state index contributed by atoms with van der Waals surface area (Å²) in [6.45, 7) is 8.80. The first-order valence-electron chi connectivity index (χ1n) is 6.93. The van der Waals surface area contributed by atoms with Crippen molar-refractivity contribution in [2.45, 2.75) is 27.3 Å². The number of nitrogens with one attached hydrogen (secondary N) is 1. The second-order valence-corrected chi connectivity index (χ2v) is 5.13. The summed E-state index contributed by atoms with van der Waals surface area (Å²) in [6, 6.07) is 10.4. The van der Waals surface area contributed by atoms with Gasteiger partial charge in [-0.2, -0.15) is 0 Å². The molecule has 0 spiro atoms. The Kier molecular flexibility index (Phi) is 4.74. The first kappa shape index (κ1) is 13.8. The van der Waals surface area contributed by atoms with Gasteiger partial charge in [-0.3, -0.25) is 0 Å². The molecule has 0 fully saturated rings.